The smallest absolute Gasteiger partial charge is 0.185 e. The minimum atomic E-state index is 0.0439. The van der Waals surface area contributed by atoms with Crippen LogP contribution in [0.15, 0.2) is 42.5 Å². The van der Waals surface area contributed by atoms with Gasteiger partial charge in [-0.1, -0.05) is 42.3 Å². The molecule has 0 atom stereocenters. The number of carbonyl (C=O) groups is 1. The fraction of sp³-hybridized carbons (Fsp3) is 0.154. The van der Waals surface area contributed by atoms with Crippen LogP contribution in [0.3, 0.4) is 0 Å². The predicted molar refractivity (Wildman–Crippen MR) is 65.8 cm³/mol. The molecule has 0 amide bonds. The van der Waals surface area contributed by atoms with Crippen LogP contribution < -0.4 is 0 Å². The predicted octanol–water partition coefficient (Wildman–Crippen LogP) is 3.56. The molecule has 1 nitrogen and oxygen atoms in total. The molecule has 0 unspecified atom stereocenters. The molecule has 1 aromatic carbocycles. The minimum Gasteiger partial charge on any atom is -0.289 e. The normalized spacial score (nSPS) is 9.67. The van der Waals surface area contributed by atoms with Gasteiger partial charge in [0.05, 0.1) is 0 Å². The zero-order valence-corrected chi connectivity index (χ0v) is 9.83. The molecule has 0 aromatic heterocycles. The van der Waals surface area contributed by atoms with Gasteiger partial charge in [0.25, 0.3) is 0 Å². The van der Waals surface area contributed by atoms with Gasteiger partial charge in [-0.2, -0.15) is 0 Å². The number of benzene rings is 1. The van der Waals surface area contributed by atoms with E-state index in [9.17, 15) is 4.79 Å². The quantitative estimate of drug-likeness (QED) is 0.351. The lowest BCUT2D eigenvalue weighted by Gasteiger charge is -1.93. The van der Waals surface area contributed by atoms with Crippen molar-refractivity contribution in [3.8, 4) is 10.8 Å². The van der Waals surface area contributed by atoms with E-state index in [1.54, 1.807) is 6.08 Å². The Kier molecular flexibility index (Phi) is 5.50. The van der Waals surface area contributed by atoms with E-state index in [1.165, 1.54) is 0 Å². The average Bonchev–Trinajstić information content (AvgIpc) is 2.30. The minimum absolute atomic E-state index is 0.0439. The zero-order chi connectivity index (χ0) is 10.9. The number of ketones is 1. The summed E-state index contributed by atoms with van der Waals surface area (Å²) in [6.07, 6.45) is 5.03. The van der Waals surface area contributed by atoms with Gasteiger partial charge in [0.1, 0.15) is 0 Å². The van der Waals surface area contributed by atoms with E-state index in [0.717, 1.165) is 18.4 Å². The first-order valence-electron chi connectivity index (χ1n) is 4.69. The first-order valence-corrected chi connectivity index (χ1v) is 5.48. The summed E-state index contributed by atoms with van der Waals surface area (Å²) in [7, 11) is 0. The molecule has 0 bridgehead atoms. The average molecular weight is 263 g/mol. The topological polar surface area (TPSA) is 17.1 Å². The van der Waals surface area contributed by atoms with Crippen molar-refractivity contribution in [2.75, 3.05) is 0 Å². The molecule has 15 heavy (non-hydrogen) atoms. The Balaban J connectivity index is 2.45. The summed E-state index contributed by atoms with van der Waals surface area (Å²) in [4.78, 5) is 14.2. The van der Waals surface area contributed by atoms with E-state index < -0.39 is 0 Å². The highest BCUT2D eigenvalue weighted by atomic mass is 79.9. The van der Waals surface area contributed by atoms with Gasteiger partial charge in [-0.15, -0.1) is 0 Å². The van der Waals surface area contributed by atoms with E-state index in [0.29, 0.717) is 0 Å². The van der Waals surface area contributed by atoms with Crippen molar-refractivity contribution >= 4 is 21.7 Å². The highest BCUT2D eigenvalue weighted by Gasteiger charge is 1.97. The molecular weight excluding hydrogens is 252 g/mol. The summed E-state index contributed by atoms with van der Waals surface area (Å²) in [5.74, 6) is 2.91. The second-order valence-corrected chi connectivity index (χ2v) is 3.34. The molecule has 0 aliphatic rings. The molecule has 0 N–H and O–H groups in total. The molecule has 1 aromatic rings. The van der Waals surface area contributed by atoms with Gasteiger partial charge < -0.3 is 0 Å². The van der Waals surface area contributed by atoms with Crippen LogP contribution in [0.4, 0.5) is 0 Å². The Labute approximate surface area is 98.3 Å². The van der Waals surface area contributed by atoms with Gasteiger partial charge in [-0.3, -0.25) is 4.79 Å². The number of hydrogen-bond donors (Lipinski definition) is 0. The summed E-state index contributed by atoms with van der Waals surface area (Å²) in [6.45, 7) is 0. The summed E-state index contributed by atoms with van der Waals surface area (Å²) < 4.78 is 0. The number of unbranched alkanes of at least 4 members (excludes halogenated alkanes) is 1. The molecule has 0 aliphatic heterocycles. The van der Waals surface area contributed by atoms with E-state index in [4.69, 9.17) is 0 Å². The largest absolute Gasteiger partial charge is 0.289 e. The van der Waals surface area contributed by atoms with Crippen molar-refractivity contribution in [2.45, 2.75) is 12.8 Å². The SMILES string of the molecule is O=C(/C=C/CCC#CBr)c1ccccc1. The second-order valence-electron chi connectivity index (χ2n) is 2.94. The lowest BCUT2D eigenvalue weighted by Crippen LogP contribution is -1.92. The zero-order valence-electron chi connectivity index (χ0n) is 8.24. The number of hydrogen-bond acceptors (Lipinski definition) is 1. The number of allylic oxidation sites excluding steroid dienone is 2. The first kappa shape index (κ1) is 11.7. The van der Waals surface area contributed by atoms with Crippen LogP contribution in [0.25, 0.3) is 0 Å². The van der Waals surface area contributed by atoms with E-state index in [-0.39, 0.29) is 5.78 Å². The molecule has 0 radical (unpaired) electrons. The van der Waals surface area contributed by atoms with Crippen molar-refractivity contribution in [3.63, 3.8) is 0 Å². The molecule has 0 saturated heterocycles. The summed E-state index contributed by atoms with van der Waals surface area (Å²) in [5.41, 5.74) is 0.723. The lowest BCUT2D eigenvalue weighted by atomic mass is 10.1. The van der Waals surface area contributed by atoms with Crippen LogP contribution in [0.1, 0.15) is 23.2 Å². The number of halogens is 1. The van der Waals surface area contributed by atoms with E-state index in [1.807, 2.05) is 36.4 Å². The monoisotopic (exact) mass is 262 g/mol. The van der Waals surface area contributed by atoms with Crippen LogP contribution in [0.5, 0.6) is 0 Å². The molecule has 76 valence electrons. The maximum atomic E-state index is 11.5. The van der Waals surface area contributed by atoms with Crippen LogP contribution in [0.2, 0.25) is 0 Å². The van der Waals surface area contributed by atoms with Gasteiger partial charge in [0.15, 0.2) is 5.78 Å². The summed E-state index contributed by atoms with van der Waals surface area (Å²) >= 11 is 3.01. The highest BCUT2D eigenvalue weighted by Crippen LogP contribution is 2.01. The Morgan fingerprint density at radius 3 is 2.73 bits per heavy atom. The van der Waals surface area contributed by atoms with Gasteiger partial charge in [-0.05, 0) is 17.3 Å². The van der Waals surface area contributed by atoms with Crippen molar-refractivity contribution in [3.05, 3.63) is 48.0 Å². The van der Waals surface area contributed by atoms with Crippen LogP contribution in [0, 0.1) is 10.8 Å². The Bertz CT molecular complexity index is 396. The van der Waals surface area contributed by atoms with Crippen molar-refractivity contribution in [1.82, 2.24) is 0 Å². The van der Waals surface area contributed by atoms with Gasteiger partial charge in [-0.25, -0.2) is 0 Å². The van der Waals surface area contributed by atoms with Crippen molar-refractivity contribution < 1.29 is 4.79 Å². The molecule has 0 heterocycles. The molecule has 1 rings (SSSR count). The maximum absolute atomic E-state index is 11.5. The van der Waals surface area contributed by atoms with Gasteiger partial charge >= 0.3 is 0 Å². The number of rotatable bonds is 4. The molecule has 2 heteroatoms. The van der Waals surface area contributed by atoms with Crippen molar-refractivity contribution in [1.29, 1.82) is 0 Å². The maximum Gasteiger partial charge on any atom is 0.185 e. The van der Waals surface area contributed by atoms with Crippen molar-refractivity contribution in [2.24, 2.45) is 0 Å². The Hall–Kier alpha value is -1.33. The highest BCUT2D eigenvalue weighted by molar-refractivity contribution is 9.12. The second kappa shape index (κ2) is 7.03. The molecule has 0 saturated carbocycles. The third kappa shape index (κ3) is 4.62. The fourth-order valence-corrected chi connectivity index (χ4v) is 1.29. The van der Waals surface area contributed by atoms with Crippen LogP contribution >= 0.6 is 15.9 Å². The fourth-order valence-electron chi connectivity index (χ4n) is 1.09. The summed E-state index contributed by atoms with van der Waals surface area (Å²) in [6, 6.07) is 9.23. The Morgan fingerprint density at radius 1 is 1.33 bits per heavy atom. The third-order valence-electron chi connectivity index (χ3n) is 1.83. The third-order valence-corrected chi connectivity index (χ3v) is 2.11. The van der Waals surface area contributed by atoms with Gasteiger partial charge in [0, 0.05) is 27.9 Å². The standard InChI is InChI=1S/C13H11BrO/c14-11-7-2-1-6-10-13(15)12-8-4-3-5-9-12/h3-6,8-10H,1-2H2/b10-6+. The Morgan fingerprint density at radius 2 is 2.07 bits per heavy atom. The lowest BCUT2D eigenvalue weighted by molar-refractivity contribution is 0.104. The van der Waals surface area contributed by atoms with E-state index >= 15 is 0 Å². The molecular formula is C13H11BrO. The van der Waals surface area contributed by atoms with Crippen LogP contribution in [-0.2, 0) is 0 Å². The molecule has 0 spiro atoms. The first-order chi connectivity index (χ1) is 7.34. The van der Waals surface area contributed by atoms with E-state index in [2.05, 4.69) is 26.7 Å². The van der Waals surface area contributed by atoms with Crippen LogP contribution in [-0.4, -0.2) is 5.78 Å². The molecule has 0 fully saturated rings. The van der Waals surface area contributed by atoms with Gasteiger partial charge in [0.2, 0.25) is 0 Å². The molecule has 0 aliphatic carbocycles. The summed E-state index contributed by atoms with van der Waals surface area (Å²) in [5, 5.41) is 0. The number of carbonyl (C=O) groups excluding carboxylic acids is 1.